The van der Waals surface area contributed by atoms with Crippen molar-refractivity contribution in [3.8, 4) is 6.07 Å². The number of ether oxygens (including phenoxy) is 1. The molecule has 1 aliphatic rings. The Morgan fingerprint density at radius 2 is 2.00 bits per heavy atom. The minimum absolute atomic E-state index is 0.339. The number of nitrogens with zero attached hydrogens (tertiary/aromatic N) is 1. The molecule has 1 fully saturated rings. The highest BCUT2D eigenvalue weighted by Crippen LogP contribution is 2.30. The summed E-state index contributed by atoms with van der Waals surface area (Å²) in [5, 5.41) is 30.5. The quantitative estimate of drug-likeness (QED) is 0.618. The number of rotatable bonds is 5. The first kappa shape index (κ1) is 14.9. The molecule has 0 radical (unpaired) electrons. The Kier molecular flexibility index (Phi) is 5.08. The number of nitrogens with one attached hydrogen (secondary N) is 1. The highest BCUT2D eigenvalue weighted by Gasteiger charge is 2.43. The molecule has 0 unspecified atom stereocenters. The molecule has 0 aromatic carbocycles. The average Bonchev–Trinajstić information content (AvgIpc) is 2.45. The minimum atomic E-state index is -1.11. The van der Waals surface area contributed by atoms with Crippen LogP contribution in [0.1, 0.15) is 26.2 Å². The predicted octanol–water partition coefficient (Wildman–Crippen LogP) is -0.444. The summed E-state index contributed by atoms with van der Waals surface area (Å²) in [6.07, 6.45) is 1.07. The van der Waals surface area contributed by atoms with Crippen molar-refractivity contribution in [3.63, 3.8) is 0 Å². The van der Waals surface area contributed by atoms with E-state index in [1.165, 1.54) is 0 Å². The van der Waals surface area contributed by atoms with E-state index in [2.05, 4.69) is 11.4 Å². The second-order valence-corrected chi connectivity index (χ2v) is 4.71. The molecule has 1 rings (SSSR count). The molecule has 6 heteroatoms. The van der Waals surface area contributed by atoms with E-state index in [0.717, 1.165) is 0 Å². The zero-order valence-corrected chi connectivity index (χ0v) is 10.6. The summed E-state index contributed by atoms with van der Waals surface area (Å²) < 4.78 is 5.16. The van der Waals surface area contributed by atoms with Gasteiger partial charge in [0.05, 0.1) is 24.8 Å². The first-order valence-corrected chi connectivity index (χ1v) is 6.11. The van der Waals surface area contributed by atoms with E-state index in [0.29, 0.717) is 32.5 Å². The van der Waals surface area contributed by atoms with Crippen LogP contribution in [0.5, 0.6) is 0 Å². The molecular formula is C12H20N2O4. The van der Waals surface area contributed by atoms with E-state index in [1.807, 2.05) is 0 Å². The van der Waals surface area contributed by atoms with Gasteiger partial charge in [0.15, 0.2) is 0 Å². The monoisotopic (exact) mass is 256 g/mol. The van der Waals surface area contributed by atoms with Gasteiger partial charge in [0, 0.05) is 13.2 Å². The third-order valence-corrected chi connectivity index (χ3v) is 3.66. The predicted molar refractivity (Wildman–Crippen MR) is 63.4 cm³/mol. The number of aliphatic hydroxyl groups is 2. The van der Waals surface area contributed by atoms with E-state index < -0.39 is 16.9 Å². The third kappa shape index (κ3) is 2.80. The third-order valence-electron chi connectivity index (χ3n) is 3.66. The lowest BCUT2D eigenvalue weighted by Crippen LogP contribution is -2.58. The normalized spacial score (nSPS) is 19.0. The first-order chi connectivity index (χ1) is 8.58. The van der Waals surface area contributed by atoms with Crippen LogP contribution in [0, 0.1) is 16.7 Å². The number of hydrogen-bond acceptors (Lipinski definition) is 5. The van der Waals surface area contributed by atoms with Crippen LogP contribution < -0.4 is 5.32 Å². The van der Waals surface area contributed by atoms with E-state index in [4.69, 9.17) is 4.74 Å². The van der Waals surface area contributed by atoms with E-state index >= 15 is 0 Å². The van der Waals surface area contributed by atoms with Gasteiger partial charge < -0.3 is 20.3 Å². The van der Waals surface area contributed by atoms with Crippen molar-refractivity contribution < 1.29 is 19.7 Å². The number of nitriles is 1. The van der Waals surface area contributed by atoms with Crippen LogP contribution in [0.4, 0.5) is 0 Å². The average molecular weight is 256 g/mol. The van der Waals surface area contributed by atoms with Crippen LogP contribution in [-0.4, -0.2) is 48.1 Å². The molecule has 0 aromatic rings. The van der Waals surface area contributed by atoms with Gasteiger partial charge in [-0.2, -0.15) is 5.26 Å². The Hall–Kier alpha value is -1.16. The molecular weight excluding hydrogens is 236 g/mol. The van der Waals surface area contributed by atoms with Gasteiger partial charge in [0.2, 0.25) is 5.91 Å². The molecule has 1 amide bonds. The van der Waals surface area contributed by atoms with Crippen LogP contribution in [0.3, 0.4) is 0 Å². The molecule has 0 atom stereocenters. The summed E-state index contributed by atoms with van der Waals surface area (Å²) in [7, 11) is 0. The number of aliphatic hydroxyl groups excluding tert-OH is 2. The number of carbonyl (C=O) groups is 1. The standard InChI is InChI=1S/C12H20N2O4/c1-2-12(8-15,9-16)14-10(17)11(7-13)3-5-18-6-4-11/h15-16H,2-6,8-9H2,1H3,(H,14,17). The molecule has 3 N–H and O–H groups in total. The Morgan fingerprint density at radius 1 is 1.44 bits per heavy atom. The second-order valence-electron chi connectivity index (χ2n) is 4.71. The lowest BCUT2D eigenvalue weighted by Gasteiger charge is -2.36. The van der Waals surface area contributed by atoms with Crippen LogP contribution in [-0.2, 0) is 9.53 Å². The summed E-state index contributed by atoms with van der Waals surface area (Å²) in [5.41, 5.74) is -2.16. The molecule has 102 valence electrons. The van der Waals surface area contributed by atoms with E-state index in [-0.39, 0.29) is 13.2 Å². The van der Waals surface area contributed by atoms with Crippen LogP contribution in [0.15, 0.2) is 0 Å². The molecule has 0 aromatic heterocycles. The minimum Gasteiger partial charge on any atom is -0.394 e. The fourth-order valence-corrected chi connectivity index (χ4v) is 1.91. The van der Waals surface area contributed by atoms with Crippen LogP contribution in [0.25, 0.3) is 0 Å². The van der Waals surface area contributed by atoms with Gasteiger partial charge in [-0.15, -0.1) is 0 Å². The maximum absolute atomic E-state index is 12.2. The summed E-state index contributed by atoms with van der Waals surface area (Å²) in [6, 6.07) is 2.06. The van der Waals surface area contributed by atoms with Crippen molar-refractivity contribution in [2.75, 3.05) is 26.4 Å². The Balaban J connectivity index is 2.82. The highest BCUT2D eigenvalue weighted by molar-refractivity contribution is 5.86. The Morgan fingerprint density at radius 3 is 2.39 bits per heavy atom. The number of amides is 1. The summed E-state index contributed by atoms with van der Waals surface area (Å²) in [4.78, 5) is 12.2. The zero-order chi connectivity index (χ0) is 13.6. The lowest BCUT2D eigenvalue weighted by molar-refractivity contribution is -0.136. The summed E-state index contributed by atoms with van der Waals surface area (Å²) >= 11 is 0. The maximum atomic E-state index is 12.2. The van der Waals surface area contributed by atoms with Gasteiger partial charge >= 0.3 is 0 Å². The van der Waals surface area contributed by atoms with Crippen molar-refractivity contribution in [1.82, 2.24) is 5.32 Å². The van der Waals surface area contributed by atoms with Gasteiger partial charge in [-0.05, 0) is 19.3 Å². The largest absolute Gasteiger partial charge is 0.394 e. The van der Waals surface area contributed by atoms with Gasteiger partial charge in [-0.1, -0.05) is 6.92 Å². The second kappa shape index (κ2) is 6.14. The topological polar surface area (TPSA) is 103 Å². The zero-order valence-electron chi connectivity index (χ0n) is 10.6. The fourth-order valence-electron chi connectivity index (χ4n) is 1.91. The molecule has 1 heterocycles. The van der Waals surface area contributed by atoms with E-state index in [1.54, 1.807) is 6.92 Å². The van der Waals surface area contributed by atoms with Gasteiger partial charge in [-0.25, -0.2) is 0 Å². The molecule has 0 bridgehead atoms. The highest BCUT2D eigenvalue weighted by atomic mass is 16.5. The van der Waals surface area contributed by atoms with Crippen LogP contribution >= 0.6 is 0 Å². The molecule has 18 heavy (non-hydrogen) atoms. The van der Waals surface area contributed by atoms with E-state index in [9.17, 15) is 20.3 Å². The smallest absolute Gasteiger partial charge is 0.241 e. The van der Waals surface area contributed by atoms with Crippen LogP contribution in [0.2, 0.25) is 0 Å². The number of carbonyl (C=O) groups excluding carboxylic acids is 1. The van der Waals surface area contributed by atoms with Crippen molar-refractivity contribution in [2.45, 2.75) is 31.7 Å². The molecule has 0 saturated carbocycles. The first-order valence-electron chi connectivity index (χ1n) is 6.11. The molecule has 0 aliphatic carbocycles. The summed E-state index contributed by atoms with van der Waals surface area (Å²) in [5.74, 6) is -0.432. The molecule has 1 saturated heterocycles. The van der Waals surface area contributed by atoms with Crippen molar-refractivity contribution in [2.24, 2.45) is 5.41 Å². The van der Waals surface area contributed by atoms with Gasteiger partial charge in [0.1, 0.15) is 5.41 Å². The Labute approximate surface area is 107 Å². The van der Waals surface area contributed by atoms with Gasteiger partial charge in [-0.3, -0.25) is 4.79 Å². The molecule has 1 aliphatic heterocycles. The van der Waals surface area contributed by atoms with Gasteiger partial charge in [0.25, 0.3) is 0 Å². The fraction of sp³-hybridized carbons (Fsp3) is 0.833. The number of hydrogen-bond donors (Lipinski definition) is 3. The molecule has 0 spiro atoms. The molecule has 6 nitrogen and oxygen atoms in total. The van der Waals surface area contributed by atoms with Crippen molar-refractivity contribution >= 4 is 5.91 Å². The van der Waals surface area contributed by atoms with Crippen molar-refractivity contribution in [1.29, 1.82) is 5.26 Å². The SMILES string of the molecule is CCC(CO)(CO)NC(=O)C1(C#N)CCOCC1. The van der Waals surface area contributed by atoms with Crippen molar-refractivity contribution in [3.05, 3.63) is 0 Å². The Bertz CT molecular complexity index is 319. The summed E-state index contributed by atoms with van der Waals surface area (Å²) in [6.45, 7) is 1.79. The lowest BCUT2D eigenvalue weighted by atomic mass is 9.80. The maximum Gasteiger partial charge on any atom is 0.241 e.